The topological polar surface area (TPSA) is 248 Å². The number of ether oxygens (including phenoxy) is 2. The normalized spacial score (nSPS) is 14.5. The summed E-state index contributed by atoms with van der Waals surface area (Å²) < 4.78 is 10.8. The maximum Gasteiger partial charge on any atom is 0.280 e. The summed E-state index contributed by atoms with van der Waals surface area (Å²) in [4.78, 5) is 26.1. The van der Waals surface area contributed by atoms with Crippen LogP contribution in [0.5, 0.6) is 5.75 Å². The molecule has 0 radical (unpaired) electrons. The van der Waals surface area contributed by atoms with Crippen molar-refractivity contribution in [2.45, 2.75) is 76.3 Å². The van der Waals surface area contributed by atoms with Crippen molar-refractivity contribution in [1.29, 1.82) is 0 Å². The first-order chi connectivity index (χ1) is 22.5. The Morgan fingerprint density at radius 3 is 2.36 bits per heavy atom. The summed E-state index contributed by atoms with van der Waals surface area (Å²) >= 11 is 5.81. The van der Waals surface area contributed by atoms with Gasteiger partial charge >= 0.3 is 0 Å². The third-order valence-electron chi connectivity index (χ3n) is 7.37. The first-order valence-corrected chi connectivity index (χ1v) is 16.2. The van der Waals surface area contributed by atoms with E-state index in [0.29, 0.717) is 32.0 Å². The zero-order valence-corrected chi connectivity index (χ0v) is 28.0. The number of hydrogen-bond donors (Lipinski definition) is 8. The number of rotatable bonds is 22. The Hall–Kier alpha value is -3.31. The molecule has 15 nitrogen and oxygen atoms in total. The smallest absolute Gasteiger partial charge is 0.280 e. The van der Waals surface area contributed by atoms with Gasteiger partial charge in [-0.2, -0.15) is 0 Å². The number of nitrogens with two attached hydrogens (primary N) is 3. The van der Waals surface area contributed by atoms with Crippen LogP contribution in [0, 0.1) is 0 Å². The van der Waals surface area contributed by atoms with Crippen LogP contribution in [0.2, 0.25) is 5.15 Å². The molecule has 1 aromatic carbocycles. The lowest BCUT2D eigenvalue weighted by atomic mass is 10.0. The molecule has 47 heavy (non-hydrogen) atoms. The van der Waals surface area contributed by atoms with Crippen LogP contribution in [-0.4, -0.2) is 118 Å². The van der Waals surface area contributed by atoms with Crippen molar-refractivity contribution < 1.29 is 34.7 Å². The molecule has 0 aliphatic rings. The number of hydrogen-bond acceptors (Lipinski definition) is 13. The van der Waals surface area contributed by atoms with E-state index >= 15 is 0 Å². The number of carbonyl (C=O) groups excluding carboxylic acids is 1. The van der Waals surface area contributed by atoms with Gasteiger partial charge in [0.2, 0.25) is 0 Å². The van der Waals surface area contributed by atoms with Crippen LogP contribution in [0.4, 0.5) is 11.6 Å². The highest BCUT2D eigenvalue weighted by Crippen LogP contribution is 2.17. The van der Waals surface area contributed by atoms with Gasteiger partial charge < -0.3 is 47.1 Å². The molecule has 264 valence electrons. The summed E-state index contributed by atoms with van der Waals surface area (Å²) in [7, 11) is 1.38. The summed E-state index contributed by atoms with van der Waals surface area (Å²) in [6, 6.07) is 7.78. The van der Waals surface area contributed by atoms with E-state index in [4.69, 9.17) is 38.3 Å². The third-order valence-corrected chi connectivity index (χ3v) is 7.64. The molecule has 2 rings (SSSR count). The Labute approximate surface area is 281 Å². The molecule has 16 heteroatoms. The number of aliphatic hydroxyl groups excluding tert-OH is 4. The minimum Gasteiger partial charge on any atom is -0.492 e. The minimum atomic E-state index is -1.53. The number of amides is 1. The van der Waals surface area contributed by atoms with Crippen molar-refractivity contribution in [3.05, 3.63) is 40.7 Å². The molecular weight excluding hydrogens is 632 g/mol. The molecule has 0 bridgehead atoms. The van der Waals surface area contributed by atoms with Crippen molar-refractivity contribution in [3.8, 4) is 5.75 Å². The van der Waals surface area contributed by atoms with Crippen LogP contribution < -0.4 is 27.3 Å². The van der Waals surface area contributed by atoms with Crippen molar-refractivity contribution >= 4 is 35.1 Å². The van der Waals surface area contributed by atoms with Gasteiger partial charge in [-0.1, -0.05) is 49.9 Å². The fourth-order valence-electron chi connectivity index (χ4n) is 4.66. The summed E-state index contributed by atoms with van der Waals surface area (Å²) in [5.41, 5.74) is 17.9. The van der Waals surface area contributed by atoms with Gasteiger partial charge in [-0.05, 0) is 49.9 Å². The highest BCUT2D eigenvalue weighted by atomic mass is 35.5. The zero-order chi connectivity index (χ0) is 34.8. The third kappa shape index (κ3) is 14.6. The number of anilines is 2. The van der Waals surface area contributed by atoms with E-state index in [1.165, 1.54) is 7.11 Å². The molecular formula is C31H51ClN8O7. The predicted octanol–water partition coefficient (Wildman–Crippen LogP) is 0.713. The molecule has 11 N–H and O–H groups in total. The van der Waals surface area contributed by atoms with Gasteiger partial charge in [0.1, 0.15) is 30.7 Å². The highest BCUT2D eigenvalue weighted by molar-refractivity contribution is 6.31. The van der Waals surface area contributed by atoms with Crippen molar-refractivity contribution in [2.24, 2.45) is 10.7 Å². The van der Waals surface area contributed by atoms with Crippen molar-refractivity contribution in [3.63, 3.8) is 0 Å². The molecule has 4 atom stereocenters. The molecule has 0 aliphatic carbocycles. The number of guanidine groups is 1. The molecule has 0 aliphatic heterocycles. The number of carbonyl (C=O) groups is 1. The van der Waals surface area contributed by atoms with E-state index in [1.54, 1.807) is 0 Å². The Kier molecular flexibility index (Phi) is 18.3. The second kappa shape index (κ2) is 21.5. The fraction of sp³-hybridized carbons (Fsp3) is 0.613. The van der Waals surface area contributed by atoms with Crippen LogP contribution in [0.15, 0.2) is 29.3 Å². The van der Waals surface area contributed by atoms with Gasteiger partial charge in [0, 0.05) is 26.7 Å². The van der Waals surface area contributed by atoms with Crippen molar-refractivity contribution in [2.75, 3.05) is 58.0 Å². The number of aliphatic imine (C=N–C) groups is 1. The summed E-state index contributed by atoms with van der Waals surface area (Å²) in [6.07, 6.45) is 0.959. The summed E-state index contributed by atoms with van der Waals surface area (Å²) in [6.45, 7) is 4.08. The second-order valence-electron chi connectivity index (χ2n) is 11.2. The molecule has 1 amide bonds. The number of nitrogens with zero attached hydrogens (tertiary/aromatic N) is 4. The van der Waals surface area contributed by atoms with E-state index in [9.17, 15) is 25.2 Å². The lowest BCUT2D eigenvalue weighted by Gasteiger charge is -2.30. The monoisotopic (exact) mass is 682 g/mol. The molecule has 0 saturated carbocycles. The van der Waals surface area contributed by atoms with Gasteiger partial charge in [0.05, 0.1) is 12.7 Å². The first kappa shape index (κ1) is 39.9. The highest BCUT2D eigenvalue weighted by Gasteiger charge is 2.31. The summed E-state index contributed by atoms with van der Waals surface area (Å²) in [5.74, 6) is -0.303. The van der Waals surface area contributed by atoms with E-state index in [-0.39, 0.29) is 41.6 Å². The maximum absolute atomic E-state index is 12.3. The largest absolute Gasteiger partial charge is 0.492 e. The second-order valence-corrected chi connectivity index (χ2v) is 11.6. The minimum absolute atomic E-state index is 0.0747. The van der Waals surface area contributed by atoms with Crippen LogP contribution in [-0.2, 0) is 11.2 Å². The predicted molar refractivity (Wildman–Crippen MR) is 181 cm³/mol. The molecule has 0 unspecified atom stereocenters. The molecule has 0 spiro atoms. The Morgan fingerprint density at radius 2 is 1.68 bits per heavy atom. The van der Waals surface area contributed by atoms with E-state index < -0.39 is 30.3 Å². The van der Waals surface area contributed by atoms with Crippen LogP contribution in [0.25, 0.3) is 0 Å². The van der Waals surface area contributed by atoms with E-state index in [1.807, 2.05) is 29.2 Å². The number of aromatic nitrogens is 2. The number of aliphatic hydroxyl groups is 4. The molecule has 1 aromatic heterocycles. The number of halogens is 1. The lowest BCUT2D eigenvalue weighted by molar-refractivity contribution is -0.122. The van der Waals surface area contributed by atoms with Gasteiger partial charge in [-0.15, -0.1) is 0 Å². The fourth-order valence-corrected chi connectivity index (χ4v) is 4.79. The number of benzene rings is 1. The Balaban J connectivity index is 1.77. The zero-order valence-electron chi connectivity index (χ0n) is 27.2. The Morgan fingerprint density at radius 1 is 0.979 bits per heavy atom. The van der Waals surface area contributed by atoms with Gasteiger partial charge in [0.25, 0.3) is 5.91 Å². The van der Waals surface area contributed by atoms with Crippen LogP contribution in [0.1, 0.15) is 61.5 Å². The molecule has 2 aromatic rings. The average Bonchev–Trinajstić information content (AvgIpc) is 3.04. The summed E-state index contributed by atoms with van der Waals surface area (Å²) in [5, 5.41) is 43.3. The number of nitrogens with one attached hydrogen (secondary N) is 1. The van der Waals surface area contributed by atoms with Crippen molar-refractivity contribution in [1.82, 2.24) is 20.2 Å². The SMILES string of the molecule is CCCCCCN(CCOc1ccc(CCCCN=C(N)NC(=O)c2nc(Cl)c(N)nc2N)cc1)C[C@H](O)[C@@H](O)[C@@H](O)[C@H](O)COC. The average molecular weight is 683 g/mol. The maximum atomic E-state index is 12.3. The lowest BCUT2D eigenvalue weighted by Crippen LogP contribution is -2.50. The van der Waals surface area contributed by atoms with E-state index in [0.717, 1.165) is 50.5 Å². The number of methoxy groups -OCH3 is 1. The van der Waals surface area contributed by atoms with Gasteiger partial charge in [-0.25, -0.2) is 9.97 Å². The van der Waals surface area contributed by atoms with Crippen LogP contribution >= 0.6 is 11.6 Å². The Bertz CT molecular complexity index is 1240. The quantitative estimate of drug-likeness (QED) is 0.0485. The number of unbranched alkanes of at least 4 members (excludes halogenated alkanes) is 4. The van der Waals surface area contributed by atoms with Crippen LogP contribution in [0.3, 0.4) is 0 Å². The molecule has 0 saturated heterocycles. The van der Waals surface area contributed by atoms with Gasteiger partial charge in [0.15, 0.2) is 28.4 Å². The van der Waals surface area contributed by atoms with Gasteiger partial charge in [-0.3, -0.25) is 20.0 Å². The first-order valence-electron chi connectivity index (χ1n) is 15.8. The standard InChI is InChI=1S/C31H51ClN8O7/c1-3-4-5-8-15-40(18-22(41)25(43)26(44)23(42)19-46-2)16-17-47-21-12-10-20(11-13-21)9-6-7-14-36-31(35)39-30(45)24-28(33)38-29(34)27(32)37-24/h10-13,22-23,25-26,41-44H,3-9,14-19H2,1-2H3,(H4,33,34,38)(H3,35,36,39,45)/t22-,23+,25+,26-/m0/s1. The number of nitrogen functional groups attached to an aromatic ring is 2. The van der Waals surface area contributed by atoms with E-state index in [2.05, 4.69) is 27.2 Å². The molecule has 1 heterocycles. The molecule has 0 fully saturated rings. The number of aryl methyl sites for hydroxylation is 1.